The molecule has 0 spiro atoms. The fourth-order valence-electron chi connectivity index (χ4n) is 2.98. The first-order valence-electron chi connectivity index (χ1n) is 8.15. The van der Waals surface area contributed by atoms with Crippen LogP contribution < -0.4 is 10.2 Å². The van der Waals surface area contributed by atoms with Crippen LogP contribution in [0.5, 0.6) is 0 Å². The molecule has 0 saturated heterocycles. The van der Waals surface area contributed by atoms with Crippen molar-refractivity contribution in [3.8, 4) is 0 Å². The van der Waals surface area contributed by atoms with Crippen LogP contribution in [0, 0.1) is 11.7 Å². The molecular formula is C19H18FN3O2. The molecule has 1 aliphatic carbocycles. The number of nitrogens with one attached hydrogen (secondary N) is 1. The number of amides is 1. The van der Waals surface area contributed by atoms with Gasteiger partial charge in [0.2, 0.25) is 5.91 Å². The largest absolute Gasteiger partial charge is 0.423 e. The average molecular weight is 339 g/mol. The zero-order chi connectivity index (χ0) is 17.6. The molecule has 5 nitrogen and oxygen atoms in total. The fraction of sp³-hybridized carbons (Fsp3) is 0.263. The molecular weight excluding hydrogens is 321 g/mol. The Morgan fingerprint density at radius 2 is 2.00 bits per heavy atom. The Morgan fingerprint density at radius 1 is 1.24 bits per heavy atom. The van der Waals surface area contributed by atoms with Crippen molar-refractivity contribution in [2.75, 3.05) is 24.3 Å². The predicted molar refractivity (Wildman–Crippen MR) is 94.2 cm³/mol. The quantitative estimate of drug-likeness (QED) is 0.786. The highest BCUT2D eigenvalue weighted by atomic mass is 19.1. The molecule has 2 atom stereocenters. The van der Waals surface area contributed by atoms with Crippen LogP contribution in [-0.2, 0) is 4.79 Å². The van der Waals surface area contributed by atoms with Gasteiger partial charge in [0.05, 0.1) is 0 Å². The average Bonchev–Trinajstić information content (AvgIpc) is 3.27. The lowest BCUT2D eigenvalue weighted by atomic mass is 10.1. The fourth-order valence-corrected chi connectivity index (χ4v) is 2.98. The first kappa shape index (κ1) is 15.6. The standard InChI is InChI=1S/C19H18FN3O2/c1-23(2)19-22-16-8-7-13(9-17(16)25-19)21-18(24)15-10-14(15)11-3-5-12(20)6-4-11/h3-9,14-15H,10H2,1-2H3,(H,21,24). The molecule has 0 aliphatic heterocycles. The Labute approximate surface area is 144 Å². The van der Waals surface area contributed by atoms with Crippen LogP contribution in [0.15, 0.2) is 46.9 Å². The van der Waals surface area contributed by atoms with Crippen LogP contribution in [0.4, 0.5) is 16.1 Å². The summed E-state index contributed by atoms with van der Waals surface area (Å²) in [5.74, 6) is -0.202. The molecule has 6 heteroatoms. The Bertz CT molecular complexity index is 933. The normalized spacial score (nSPS) is 19.0. The molecule has 1 aliphatic rings. The van der Waals surface area contributed by atoms with Gasteiger partial charge >= 0.3 is 0 Å². The van der Waals surface area contributed by atoms with Gasteiger partial charge in [-0.3, -0.25) is 4.79 Å². The van der Waals surface area contributed by atoms with Crippen molar-refractivity contribution in [3.05, 3.63) is 53.8 Å². The van der Waals surface area contributed by atoms with Gasteiger partial charge in [-0.2, -0.15) is 4.98 Å². The summed E-state index contributed by atoms with van der Waals surface area (Å²) in [4.78, 5) is 18.6. The minimum Gasteiger partial charge on any atom is -0.423 e. The van der Waals surface area contributed by atoms with E-state index in [1.54, 1.807) is 23.1 Å². The molecule has 1 heterocycles. The molecule has 0 bridgehead atoms. The van der Waals surface area contributed by atoms with Crippen molar-refractivity contribution in [1.82, 2.24) is 4.98 Å². The van der Waals surface area contributed by atoms with Crippen LogP contribution in [0.2, 0.25) is 0 Å². The number of nitrogens with zero attached hydrogens (tertiary/aromatic N) is 2. The van der Waals surface area contributed by atoms with Gasteiger partial charge in [-0.25, -0.2) is 4.39 Å². The molecule has 1 fully saturated rings. The van der Waals surface area contributed by atoms with Gasteiger partial charge < -0.3 is 14.6 Å². The minimum atomic E-state index is -0.261. The van der Waals surface area contributed by atoms with Crippen molar-refractivity contribution in [2.24, 2.45) is 5.92 Å². The highest BCUT2D eigenvalue weighted by Gasteiger charge is 2.43. The minimum absolute atomic E-state index is 0.0268. The second kappa shape index (κ2) is 5.88. The summed E-state index contributed by atoms with van der Waals surface area (Å²) in [6, 6.07) is 12.3. The third-order valence-corrected chi connectivity index (χ3v) is 4.45. The summed E-state index contributed by atoms with van der Waals surface area (Å²) in [6.07, 6.45) is 0.785. The third kappa shape index (κ3) is 3.07. The Kier molecular flexibility index (Phi) is 3.67. The lowest BCUT2D eigenvalue weighted by molar-refractivity contribution is -0.117. The number of hydrogen-bond acceptors (Lipinski definition) is 4. The van der Waals surface area contributed by atoms with Crippen LogP contribution in [0.25, 0.3) is 11.1 Å². The number of carbonyl (C=O) groups is 1. The van der Waals surface area contributed by atoms with Gasteiger partial charge in [-0.1, -0.05) is 12.1 Å². The van der Waals surface area contributed by atoms with E-state index >= 15 is 0 Å². The summed E-state index contributed by atoms with van der Waals surface area (Å²) in [7, 11) is 3.71. The summed E-state index contributed by atoms with van der Waals surface area (Å²) in [5, 5.41) is 2.93. The van der Waals surface area contributed by atoms with Crippen LogP contribution in [0.3, 0.4) is 0 Å². The third-order valence-electron chi connectivity index (χ3n) is 4.45. The SMILES string of the molecule is CN(C)c1nc2ccc(NC(=O)C3CC3c3ccc(F)cc3)cc2o1. The maximum Gasteiger partial charge on any atom is 0.297 e. The molecule has 2 aromatic carbocycles. The van der Waals surface area contributed by atoms with E-state index in [4.69, 9.17) is 4.42 Å². The topological polar surface area (TPSA) is 58.4 Å². The molecule has 1 amide bonds. The summed E-state index contributed by atoms with van der Waals surface area (Å²) >= 11 is 0. The van der Waals surface area contributed by atoms with E-state index < -0.39 is 0 Å². The highest BCUT2D eigenvalue weighted by Crippen LogP contribution is 2.48. The molecule has 25 heavy (non-hydrogen) atoms. The number of carbonyl (C=O) groups excluding carboxylic acids is 1. The van der Waals surface area contributed by atoms with Gasteiger partial charge in [0.15, 0.2) is 5.58 Å². The molecule has 2 unspecified atom stereocenters. The molecule has 3 aromatic rings. The molecule has 1 N–H and O–H groups in total. The van der Waals surface area contributed by atoms with E-state index in [1.165, 1.54) is 12.1 Å². The zero-order valence-electron chi connectivity index (χ0n) is 14.0. The van der Waals surface area contributed by atoms with Crippen molar-refractivity contribution in [2.45, 2.75) is 12.3 Å². The summed E-state index contributed by atoms with van der Waals surface area (Å²) in [5.41, 5.74) is 3.07. The van der Waals surface area contributed by atoms with Crippen molar-refractivity contribution < 1.29 is 13.6 Å². The van der Waals surface area contributed by atoms with Crippen molar-refractivity contribution in [1.29, 1.82) is 0 Å². The second-order valence-electron chi connectivity index (χ2n) is 6.56. The predicted octanol–water partition coefficient (Wildman–Crippen LogP) is 3.78. The monoisotopic (exact) mass is 339 g/mol. The van der Waals surface area contributed by atoms with Crippen LogP contribution >= 0.6 is 0 Å². The van der Waals surface area contributed by atoms with Gasteiger partial charge in [-0.05, 0) is 42.2 Å². The molecule has 4 rings (SSSR count). The molecule has 0 radical (unpaired) electrons. The number of halogens is 1. The lowest BCUT2D eigenvalue weighted by Crippen LogP contribution is -2.14. The van der Waals surface area contributed by atoms with Crippen molar-refractivity contribution in [3.63, 3.8) is 0 Å². The molecule has 1 saturated carbocycles. The number of fused-ring (bicyclic) bond motifs is 1. The molecule has 128 valence electrons. The van der Waals surface area contributed by atoms with Crippen LogP contribution in [0.1, 0.15) is 17.9 Å². The van der Waals surface area contributed by atoms with E-state index in [0.717, 1.165) is 17.5 Å². The highest BCUT2D eigenvalue weighted by molar-refractivity contribution is 5.96. The Balaban J connectivity index is 1.46. The number of hydrogen-bond donors (Lipinski definition) is 1. The first-order valence-corrected chi connectivity index (χ1v) is 8.15. The molecule has 1 aromatic heterocycles. The zero-order valence-corrected chi connectivity index (χ0v) is 14.0. The number of anilines is 2. The van der Waals surface area contributed by atoms with Crippen LogP contribution in [-0.4, -0.2) is 25.0 Å². The smallest absolute Gasteiger partial charge is 0.297 e. The van der Waals surface area contributed by atoms with Gasteiger partial charge in [-0.15, -0.1) is 0 Å². The Hall–Kier alpha value is -2.89. The number of oxazole rings is 1. The second-order valence-corrected chi connectivity index (χ2v) is 6.56. The van der Waals surface area contributed by atoms with E-state index in [9.17, 15) is 9.18 Å². The van der Waals surface area contributed by atoms with E-state index in [0.29, 0.717) is 17.3 Å². The maximum absolute atomic E-state index is 13.0. The summed E-state index contributed by atoms with van der Waals surface area (Å²) < 4.78 is 18.7. The Morgan fingerprint density at radius 3 is 2.72 bits per heavy atom. The van der Waals surface area contributed by atoms with E-state index in [1.807, 2.05) is 26.2 Å². The first-order chi connectivity index (χ1) is 12.0. The van der Waals surface area contributed by atoms with E-state index in [2.05, 4.69) is 10.3 Å². The van der Waals surface area contributed by atoms with E-state index in [-0.39, 0.29) is 23.6 Å². The summed E-state index contributed by atoms with van der Waals surface area (Å²) in [6.45, 7) is 0. The number of benzene rings is 2. The van der Waals surface area contributed by atoms with Gasteiger partial charge in [0.25, 0.3) is 6.01 Å². The maximum atomic E-state index is 13.0. The van der Waals surface area contributed by atoms with Gasteiger partial charge in [0.1, 0.15) is 11.3 Å². The van der Waals surface area contributed by atoms with Gasteiger partial charge in [0, 0.05) is 31.8 Å². The number of aromatic nitrogens is 1. The van der Waals surface area contributed by atoms with Crippen molar-refractivity contribution >= 4 is 28.7 Å². The number of rotatable bonds is 4. The lowest BCUT2D eigenvalue weighted by Gasteiger charge is -2.05.